The minimum absolute atomic E-state index is 0.0199. The van der Waals surface area contributed by atoms with Crippen molar-refractivity contribution in [3.8, 4) is 17.2 Å². The number of alkyl halides is 2. The highest BCUT2D eigenvalue weighted by molar-refractivity contribution is 5.52. The van der Waals surface area contributed by atoms with Crippen molar-refractivity contribution in [2.24, 2.45) is 0 Å². The summed E-state index contributed by atoms with van der Waals surface area (Å²) in [7, 11) is 2.91. The van der Waals surface area contributed by atoms with Crippen molar-refractivity contribution < 1.29 is 23.4 Å². The summed E-state index contributed by atoms with van der Waals surface area (Å²) in [5, 5.41) is 12.9. The van der Waals surface area contributed by atoms with Crippen LogP contribution in [0.4, 0.5) is 8.78 Å². The first-order valence-corrected chi connectivity index (χ1v) is 7.24. The van der Waals surface area contributed by atoms with E-state index in [9.17, 15) is 13.9 Å². The molecule has 0 aliphatic carbocycles. The summed E-state index contributed by atoms with van der Waals surface area (Å²) in [5.41, 5.74) is 0.560. The molecule has 1 fully saturated rings. The number of ether oxygens (including phenoxy) is 2. The Bertz CT molecular complexity index is 469. The molecule has 1 atom stereocenters. The average Bonchev–Trinajstić information content (AvgIpc) is 2.52. The van der Waals surface area contributed by atoms with Gasteiger partial charge >= 0.3 is 0 Å². The van der Waals surface area contributed by atoms with Crippen LogP contribution < -0.4 is 14.8 Å². The molecular formula is C15H22F2N2O3. The number of hydrogen-bond acceptors (Lipinski definition) is 5. The lowest BCUT2D eigenvalue weighted by molar-refractivity contribution is 0.0718. The number of hydrogen-bond donors (Lipinski definition) is 2. The lowest BCUT2D eigenvalue weighted by atomic mass is 9.98. The van der Waals surface area contributed by atoms with Gasteiger partial charge in [-0.15, -0.1) is 0 Å². The van der Waals surface area contributed by atoms with Crippen molar-refractivity contribution in [1.82, 2.24) is 10.2 Å². The first-order valence-electron chi connectivity index (χ1n) is 7.24. The topological polar surface area (TPSA) is 54.0 Å². The Morgan fingerprint density at radius 2 is 1.73 bits per heavy atom. The molecule has 2 rings (SSSR count). The van der Waals surface area contributed by atoms with Crippen LogP contribution in [-0.2, 0) is 0 Å². The standard InChI is InChI=1S/C15H22F2N2O3/c1-21-12-7-10(20)8-13(22-2)15(12)11(9-14(16)17)19-5-3-18-4-6-19/h7-8,11,14,18,20H,3-6,9H2,1-2H3/t11-/m1/s1. The number of aromatic hydroxyl groups is 1. The van der Waals surface area contributed by atoms with E-state index >= 15 is 0 Å². The number of nitrogens with zero attached hydrogens (tertiary/aromatic N) is 1. The molecule has 1 heterocycles. The SMILES string of the molecule is COc1cc(O)cc(OC)c1[C@@H](CC(F)F)N1CCNCC1. The third-order valence-corrected chi connectivity index (χ3v) is 3.86. The lowest BCUT2D eigenvalue weighted by Crippen LogP contribution is -2.45. The van der Waals surface area contributed by atoms with E-state index < -0.39 is 12.5 Å². The van der Waals surface area contributed by atoms with E-state index in [-0.39, 0.29) is 12.2 Å². The van der Waals surface area contributed by atoms with Gasteiger partial charge in [0.1, 0.15) is 17.2 Å². The average molecular weight is 316 g/mol. The predicted molar refractivity (Wildman–Crippen MR) is 79.0 cm³/mol. The Hall–Kier alpha value is -1.60. The molecule has 0 saturated carbocycles. The monoisotopic (exact) mass is 316 g/mol. The Balaban J connectivity index is 2.45. The van der Waals surface area contributed by atoms with Gasteiger partial charge < -0.3 is 19.9 Å². The second-order valence-electron chi connectivity index (χ2n) is 5.19. The lowest BCUT2D eigenvalue weighted by Gasteiger charge is -2.36. The number of benzene rings is 1. The number of rotatable bonds is 6. The number of methoxy groups -OCH3 is 2. The van der Waals surface area contributed by atoms with Crippen LogP contribution in [0, 0.1) is 0 Å². The molecule has 0 spiro atoms. The predicted octanol–water partition coefficient (Wildman–Crippen LogP) is 2.01. The van der Waals surface area contributed by atoms with Crippen LogP contribution in [0.1, 0.15) is 18.0 Å². The summed E-state index contributed by atoms with van der Waals surface area (Å²) in [6.45, 7) is 2.85. The molecule has 1 aromatic rings. The van der Waals surface area contributed by atoms with E-state index in [0.717, 1.165) is 13.1 Å². The maximum absolute atomic E-state index is 13.1. The van der Waals surface area contributed by atoms with Crippen LogP contribution in [-0.4, -0.2) is 56.8 Å². The number of halogens is 2. The molecule has 0 amide bonds. The number of nitrogens with one attached hydrogen (secondary N) is 1. The van der Waals surface area contributed by atoms with Gasteiger partial charge in [0, 0.05) is 50.8 Å². The van der Waals surface area contributed by atoms with Gasteiger partial charge in [-0.25, -0.2) is 8.78 Å². The molecule has 0 unspecified atom stereocenters. The summed E-state index contributed by atoms with van der Waals surface area (Å²) in [4.78, 5) is 2.00. The Labute approximate surface area is 128 Å². The zero-order valence-corrected chi connectivity index (χ0v) is 12.8. The molecular weight excluding hydrogens is 294 g/mol. The van der Waals surface area contributed by atoms with E-state index in [1.54, 1.807) is 0 Å². The Kier molecular flexibility index (Phi) is 5.79. The maximum Gasteiger partial charge on any atom is 0.240 e. The smallest absolute Gasteiger partial charge is 0.240 e. The summed E-state index contributed by atoms with van der Waals surface area (Å²) in [6.07, 6.45) is -2.75. The summed E-state index contributed by atoms with van der Waals surface area (Å²) in [6, 6.07) is 2.34. The number of phenolic OH excluding ortho intramolecular Hbond substituents is 1. The van der Waals surface area contributed by atoms with E-state index in [4.69, 9.17) is 9.47 Å². The molecule has 2 N–H and O–H groups in total. The van der Waals surface area contributed by atoms with Gasteiger partial charge in [-0.1, -0.05) is 0 Å². The van der Waals surface area contributed by atoms with Crippen LogP contribution in [0.3, 0.4) is 0 Å². The van der Waals surface area contributed by atoms with E-state index in [2.05, 4.69) is 5.32 Å². The van der Waals surface area contributed by atoms with E-state index in [1.807, 2.05) is 4.90 Å². The second kappa shape index (κ2) is 7.60. The molecule has 1 aliphatic heterocycles. The highest BCUT2D eigenvalue weighted by Gasteiger charge is 2.31. The third-order valence-electron chi connectivity index (χ3n) is 3.86. The molecule has 5 nitrogen and oxygen atoms in total. The molecule has 7 heteroatoms. The van der Waals surface area contributed by atoms with Crippen molar-refractivity contribution in [3.05, 3.63) is 17.7 Å². The van der Waals surface area contributed by atoms with Crippen LogP contribution in [0.2, 0.25) is 0 Å². The minimum atomic E-state index is -2.44. The van der Waals surface area contributed by atoms with Gasteiger partial charge in [-0.2, -0.15) is 0 Å². The normalized spacial score (nSPS) is 17.5. The quantitative estimate of drug-likeness (QED) is 0.841. The van der Waals surface area contributed by atoms with Gasteiger partial charge in [0.25, 0.3) is 0 Å². The van der Waals surface area contributed by atoms with Crippen molar-refractivity contribution in [1.29, 1.82) is 0 Å². The summed E-state index contributed by atoms with van der Waals surface area (Å²) in [5.74, 6) is 0.704. The Morgan fingerprint density at radius 3 is 2.18 bits per heavy atom. The maximum atomic E-state index is 13.1. The highest BCUT2D eigenvalue weighted by Crippen LogP contribution is 2.42. The molecule has 1 aromatic carbocycles. The first-order chi connectivity index (χ1) is 10.6. The molecule has 0 bridgehead atoms. The van der Waals surface area contributed by atoms with Crippen molar-refractivity contribution >= 4 is 0 Å². The fourth-order valence-corrected chi connectivity index (χ4v) is 2.87. The Morgan fingerprint density at radius 1 is 1.18 bits per heavy atom. The van der Waals surface area contributed by atoms with Crippen molar-refractivity contribution in [2.75, 3.05) is 40.4 Å². The number of piperazine rings is 1. The third kappa shape index (κ3) is 3.78. The molecule has 1 aliphatic rings. The van der Waals surface area contributed by atoms with Gasteiger partial charge in [-0.3, -0.25) is 4.90 Å². The minimum Gasteiger partial charge on any atom is -0.508 e. The fourth-order valence-electron chi connectivity index (χ4n) is 2.87. The van der Waals surface area contributed by atoms with Crippen LogP contribution >= 0.6 is 0 Å². The molecule has 0 radical (unpaired) electrons. The largest absolute Gasteiger partial charge is 0.508 e. The van der Waals surface area contributed by atoms with E-state index in [1.165, 1.54) is 26.4 Å². The summed E-state index contributed by atoms with van der Waals surface area (Å²) < 4.78 is 36.8. The van der Waals surface area contributed by atoms with Gasteiger partial charge in [0.05, 0.1) is 19.8 Å². The van der Waals surface area contributed by atoms with Gasteiger partial charge in [0.2, 0.25) is 6.43 Å². The zero-order chi connectivity index (χ0) is 16.1. The summed E-state index contributed by atoms with van der Waals surface area (Å²) >= 11 is 0. The molecule has 1 saturated heterocycles. The second-order valence-corrected chi connectivity index (χ2v) is 5.19. The van der Waals surface area contributed by atoms with Crippen molar-refractivity contribution in [2.45, 2.75) is 18.9 Å². The van der Waals surface area contributed by atoms with Gasteiger partial charge in [0.15, 0.2) is 0 Å². The van der Waals surface area contributed by atoms with E-state index in [0.29, 0.717) is 30.2 Å². The zero-order valence-electron chi connectivity index (χ0n) is 12.8. The van der Waals surface area contributed by atoms with Crippen LogP contribution in [0.5, 0.6) is 17.2 Å². The fraction of sp³-hybridized carbons (Fsp3) is 0.600. The molecule has 0 aromatic heterocycles. The molecule has 124 valence electrons. The van der Waals surface area contributed by atoms with Gasteiger partial charge in [-0.05, 0) is 0 Å². The number of phenols is 1. The van der Waals surface area contributed by atoms with Crippen molar-refractivity contribution in [3.63, 3.8) is 0 Å². The molecule has 22 heavy (non-hydrogen) atoms. The van der Waals surface area contributed by atoms with Crippen LogP contribution in [0.15, 0.2) is 12.1 Å². The first kappa shape index (κ1) is 16.8. The highest BCUT2D eigenvalue weighted by atomic mass is 19.3. The van der Waals surface area contributed by atoms with Crippen LogP contribution in [0.25, 0.3) is 0 Å².